The van der Waals surface area contributed by atoms with E-state index in [4.69, 9.17) is 0 Å². The molecule has 1 amide bonds. The minimum atomic E-state index is 0.105. The molecule has 1 heterocycles. The van der Waals surface area contributed by atoms with Gasteiger partial charge in [-0.25, -0.2) is 0 Å². The van der Waals surface area contributed by atoms with E-state index in [0.29, 0.717) is 6.42 Å². The second kappa shape index (κ2) is 6.39. The summed E-state index contributed by atoms with van der Waals surface area (Å²) in [5, 5.41) is 9.21. The van der Waals surface area contributed by atoms with E-state index in [-0.39, 0.29) is 18.6 Å². The molecule has 0 bridgehead atoms. The molecular formula is C14H25NO2. The fourth-order valence-electron chi connectivity index (χ4n) is 3.30. The number of aliphatic hydroxyl groups excluding tert-OH is 1. The van der Waals surface area contributed by atoms with E-state index >= 15 is 0 Å². The highest BCUT2D eigenvalue weighted by Crippen LogP contribution is 2.28. The topological polar surface area (TPSA) is 40.5 Å². The average molecular weight is 239 g/mol. The van der Waals surface area contributed by atoms with Gasteiger partial charge in [-0.05, 0) is 25.2 Å². The van der Waals surface area contributed by atoms with E-state index in [2.05, 4.69) is 0 Å². The van der Waals surface area contributed by atoms with Crippen LogP contribution in [0.2, 0.25) is 0 Å². The Morgan fingerprint density at radius 1 is 1.12 bits per heavy atom. The summed E-state index contributed by atoms with van der Waals surface area (Å²) >= 11 is 0. The normalized spacial score (nSPS) is 26.4. The molecule has 98 valence electrons. The van der Waals surface area contributed by atoms with Crippen LogP contribution in [-0.2, 0) is 4.79 Å². The van der Waals surface area contributed by atoms with Gasteiger partial charge in [-0.15, -0.1) is 0 Å². The number of carbonyl (C=O) groups excluding carboxylic acids is 1. The SMILES string of the molecule is O=C(CCC1CCCCC1)N1CCC[C@H]1CO. The molecule has 1 saturated carbocycles. The van der Waals surface area contributed by atoms with Gasteiger partial charge in [0, 0.05) is 13.0 Å². The number of likely N-dealkylation sites (tertiary alicyclic amines) is 1. The number of rotatable bonds is 4. The summed E-state index contributed by atoms with van der Waals surface area (Å²) in [5.41, 5.74) is 0. The molecule has 17 heavy (non-hydrogen) atoms. The summed E-state index contributed by atoms with van der Waals surface area (Å²) in [5.74, 6) is 1.05. The van der Waals surface area contributed by atoms with Crippen LogP contribution >= 0.6 is 0 Å². The maximum absolute atomic E-state index is 12.1. The Balaban J connectivity index is 1.72. The standard InChI is InChI=1S/C14H25NO2/c16-11-13-7-4-10-15(13)14(17)9-8-12-5-2-1-3-6-12/h12-13,16H,1-11H2/t13-/m0/s1. The van der Waals surface area contributed by atoms with Crippen molar-refractivity contribution in [2.75, 3.05) is 13.2 Å². The fourth-order valence-corrected chi connectivity index (χ4v) is 3.30. The van der Waals surface area contributed by atoms with Crippen LogP contribution < -0.4 is 0 Å². The second-order valence-corrected chi connectivity index (χ2v) is 5.61. The molecule has 0 radical (unpaired) electrons. The quantitative estimate of drug-likeness (QED) is 0.818. The van der Waals surface area contributed by atoms with Crippen molar-refractivity contribution in [2.45, 2.75) is 63.8 Å². The molecule has 3 heteroatoms. The molecule has 1 atom stereocenters. The maximum atomic E-state index is 12.1. The number of nitrogens with zero attached hydrogens (tertiary/aromatic N) is 1. The van der Waals surface area contributed by atoms with Gasteiger partial charge in [-0.3, -0.25) is 4.79 Å². The molecule has 1 N–H and O–H groups in total. The Kier molecular flexibility index (Phi) is 4.84. The van der Waals surface area contributed by atoms with E-state index < -0.39 is 0 Å². The lowest BCUT2D eigenvalue weighted by molar-refractivity contribution is -0.133. The number of aliphatic hydroxyl groups is 1. The third-order valence-electron chi connectivity index (χ3n) is 4.40. The summed E-state index contributed by atoms with van der Waals surface area (Å²) < 4.78 is 0. The zero-order chi connectivity index (χ0) is 12.1. The monoisotopic (exact) mass is 239 g/mol. The van der Waals surface area contributed by atoms with Gasteiger partial charge in [-0.2, -0.15) is 0 Å². The zero-order valence-electron chi connectivity index (χ0n) is 10.7. The van der Waals surface area contributed by atoms with Gasteiger partial charge < -0.3 is 10.0 Å². The highest BCUT2D eigenvalue weighted by Gasteiger charge is 2.28. The van der Waals surface area contributed by atoms with Gasteiger partial charge in [0.1, 0.15) is 0 Å². The third kappa shape index (κ3) is 3.44. The molecule has 0 unspecified atom stereocenters. The summed E-state index contributed by atoms with van der Waals surface area (Å²) in [6, 6.07) is 0.105. The first kappa shape index (κ1) is 12.9. The van der Waals surface area contributed by atoms with Crippen LogP contribution in [0.3, 0.4) is 0 Å². The molecule has 0 spiro atoms. The van der Waals surface area contributed by atoms with E-state index in [0.717, 1.165) is 31.7 Å². The van der Waals surface area contributed by atoms with Crippen molar-refractivity contribution >= 4 is 5.91 Å². The van der Waals surface area contributed by atoms with Crippen molar-refractivity contribution < 1.29 is 9.90 Å². The van der Waals surface area contributed by atoms with Crippen LogP contribution in [0, 0.1) is 5.92 Å². The molecule has 2 rings (SSSR count). The second-order valence-electron chi connectivity index (χ2n) is 5.61. The lowest BCUT2D eigenvalue weighted by atomic mass is 9.86. The summed E-state index contributed by atoms with van der Waals surface area (Å²) in [6.45, 7) is 0.990. The van der Waals surface area contributed by atoms with Crippen LogP contribution in [0.5, 0.6) is 0 Å². The molecule has 1 aliphatic carbocycles. The lowest BCUT2D eigenvalue weighted by Gasteiger charge is -2.25. The average Bonchev–Trinajstić information content (AvgIpc) is 2.85. The van der Waals surface area contributed by atoms with Crippen molar-refractivity contribution in [2.24, 2.45) is 5.92 Å². The van der Waals surface area contributed by atoms with Gasteiger partial charge >= 0.3 is 0 Å². The van der Waals surface area contributed by atoms with E-state index in [9.17, 15) is 9.90 Å². The van der Waals surface area contributed by atoms with Crippen LogP contribution in [0.1, 0.15) is 57.8 Å². The van der Waals surface area contributed by atoms with Crippen molar-refractivity contribution in [3.8, 4) is 0 Å². The molecule has 0 aromatic heterocycles. The predicted octanol–water partition coefficient (Wildman–Crippen LogP) is 2.33. The Hall–Kier alpha value is -0.570. The highest BCUT2D eigenvalue weighted by molar-refractivity contribution is 5.76. The summed E-state index contributed by atoms with van der Waals surface area (Å²) in [4.78, 5) is 14.0. The van der Waals surface area contributed by atoms with E-state index in [1.807, 2.05) is 4.90 Å². The van der Waals surface area contributed by atoms with E-state index in [1.54, 1.807) is 0 Å². The van der Waals surface area contributed by atoms with Crippen LogP contribution in [0.25, 0.3) is 0 Å². The van der Waals surface area contributed by atoms with Crippen molar-refractivity contribution in [3.05, 3.63) is 0 Å². The first-order chi connectivity index (χ1) is 8.31. The molecule has 0 aromatic rings. The first-order valence-electron chi connectivity index (χ1n) is 7.21. The largest absolute Gasteiger partial charge is 0.394 e. The fraction of sp³-hybridized carbons (Fsp3) is 0.929. The number of hydrogen-bond acceptors (Lipinski definition) is 2. The minimum absolute atomic E-state index is 0.105. The van der Waals surface area contributed by atoms with Crippen molar-refractivity contribution in [3.63, 3.8) is 0 Å². The molecule has 1 aliphatic heterocycles. The third-order valence-corrected chi connectivity index (χ3v) is 4.40. The van der Waals surface area contributed by atoms with Crippen molar-refractivity contribution in [1.29, 1.82) is 0 Å². The van der Waals surface area contributed by atoms with Gasteiger partial charge in [0.2, 0.25) is 5.91 Å². The Bertz CT molecular complexity index is 249. The van der Waals surface area contributed by atoms with Gasteiger partial charge in [0.25, 0.3) is 0 Å². The van der Waals surface area contributed by atoms with E-state index in [1.165, 1.54) is 32.1 Å². The van der Waals surface area contributed by atoms with Gasteiger partial charge in [-0.1, -0.05) is 32.1 Å². The maximum Gasteiger partial charge on any atom is 0.222 e. The summed E-state index contributed by atoms with van der Waals surface area (Å²) in [6.07, 6.45) is 10.5. The van der Waals surface area contributed by atoms with Crippen LogP contribution in [0.15, 0.2) is 0 Å². The summed E-state index contributed by atoms with van der Waals surface area (Å²) in [7, 11) is 0. The highest BCUT2D eigenvalue weighted by atomic mass is 16.3. The molecule has 2 aliphatic rings. The Morgan fingerprint density at radius 2 is 1.88 bits per heavy atom. The molecule has 2 fully saturated rings. The van der Waals surface area contributed by atoms with Crippen LogP contribution in [0.4, 0.5) is 0 Å². The molecule has 0 aromatic carbocycles. The molecular weight excluding hydrogens is 214 g/mol. The Labute approximate surface area is 104 Å². The van der Waals surface area contributed by atoms with Crippen molar-refractivity contribution in [1.82, 2.24) is 4.90 Å². The zero-order valence-corrected chi connectivity index (χ0v) is 10.7. The van der Waals surface area contributed by atoms with Gasteiger partial charge in [0.05, 0.1) is 12.6 Å². The first-order valence-corrected chi connectivity index (χ1v) is 7.21. The van der Waals surface area contributed by atoms with Crippen LogP contribution in [-0.4, -0.2) is 35.1 Å². The van der Waals surface area contributed by atoms with Gasteiger partial charge in [0.15, 0.2) is 0 Å². The predicted molar refractivity (Wildman–Crippen MR) is 67.6 cm³/mol. The Morgan fingerprint density at radius 3 is 2.59 bits per heavy atom. The number of hydrogen-bond donors (Lipinski definition) is 1. The number of carbonyl (C=O) groups is 1. The molecule has 3 nitrogen and oxygen atoms in total. The minimum Gasteiger partial charge on any atom is -0.394 e. The molecule has 1 saturated heterocycles. The lowest BCUT2D eigenvalue weighted by Crippen LogP contribution is -2.37. The number of amides is 1. The smallest absolute Gasteiger partial charge is 0.222 e.